The van der Waals surface area contributed by atoms with Crippen LogP contribution in [0, 0.1) is 11.8 Å². The van der Waals surface area contributed by atoms with Crippen LogP contribution < -0.4 is 0 Å². The zero-order chi connectivity index (χ0) is 14.6. The molecule has 0 bridgehead atoms. The molecule has 0 N–H and O–H groups in total. The van der Waals surface area contributed by atoms with Crippen LogP contribution in [0.25, 0.3) is 0 Å². The summed E-state index contributed by atoms with van der Waals surface area (Å²) >= 11 is 0. The lowest BCUT2D eigenvalue weighted by Gasteiger charge is -2.42. The van der Waals surface area contributed by atoms with Gasteiger partial charge in [0.15, 0.2) is 8.32 Å². The molecule has 0 fully saturated rings. The van der Waals surface area contributed by atoms with Gasteiger partial charge in [-0.2, -0.15) is 0 Å². The molecule has 0 radical (unpaired) electrons. The summed E-state index contributed by atoms with van der Waals surface area (Å²) < 4.78 is 6.58. The van der Waals surface area contributed by atoms with E-state index in [1.54, 1.807) is 0 Å². The first kappa shape index (κ1) is 17.7. The minimum absolute atomic E-state index is 0.266. The highest BCUT2D eigenvalue weighted by molar-refractivity contribution is 6.74. The summed E-state index contributed by atoms with van der Waals surface area (Å²) in [6, 6.07) is 0. The molecule has 2 heteroatoms. The molecular formula is C16H32OSi. The van der Waals surface area contributed by atoms with Crippen molar-refractivity contribution in [2.75, 3.05) is 0 Å². The normalized spacial score (nSPS) is 17.2. The summed E-state index contributed by atoms with van der Waals surface area (Å²) in [7, 11) is -1.69. The Hall–Kier alpha value is -0.343. The Morgan fingerprint density at radius 1 is 1.11 bits per heavy atom. The van der Waals surface area contributed by atoms with Gasteiger partial charge in [0.2, 0.25) is 0 Å². The van der Waals surface area contributed by atoms with Crippen molar-refractivity contribution < 1.29 is 4.43 Å². The summed E-state index contributed by atoms with van der Waals surface area (Å²) in [5.41, 5.74) is 0. The van der Waals surface area contributed by atoms with E-state index in [1.807, 2.05) is 12.2 Å². The van der Waals surface area contributed by atoms with Crippen molar-refractivity contribution in [3.8, 4) is 0 Å². The molecule has 106 valence electrons. The largest absolute Gasteiger partial charge is 0.413 e. The highest BCUT2D eigenvalue weighted by Gasteiger charge is 2.40. The SMILES string of the molecule is C=C/C=C\[C@H](C)[C@H](O[Si](C)(C)C(C)(C)C)C(C)C. The van der Waals surface area contributed by atoms with Crippen molar-refractivity contribution in [2.45, 2.75) is 65.8 Å². The van der Waals surface area contributed by atoms with Crippen LogP contribution in [0.3, 0.4) is 0 Å². The van der Waals surface area contributed by atoms with Crippen molar-refractivity contribution in [2.24, 2.45) is 11.8 Å². The van der Waals surface area contributed by atoms with Crippen molar-refractivity contribution in [3.63, 3.8) is 0 Å². The van der Waals surface area contributed by atoms with Crippen LogP contribution in [-0.2, 0) is 4.43 Å². The third kappa shape index (κ3) is 5.11. The van der Waals surface area contributed by atoms with Crippen LogP contribution in [0.1, 0.15) is 41.5 Å². The van der Waals surface area contributed by atoms with E-state index in [-0.39, 0.29) is 5.04 Å². The molecule has 0 saturated heterocycles. The third-order valence-corrected chi connectivity index (χ3v) is 8.44. The van der Waals surface area contributed by atoms with Crippen molar-refractivity contribution in [3.05, 3.63) is 24.8 Å². The van der Waals surface area contributed by atoms with Gasteiger partial charge < -0.3 is 4.43 Å². The predicted molar refractivity (Wildman–Crippen MR) is 85.4 cm³/mol. The lowest BCUT2D eigenvalue weighted by atomic mass is 9.94. The average Bonchev–Trinajstić information content (AvgIpc) is 2.20. The fourth-order valence-corrected chi connectivity index (χ4v) is 3.25. The number of rotatable bonds is 6. The summed E-state index contributed by atoms with van der Waals surface area (Å²) in [5.74, 6) is 0.959. The highest BCUT2D eigenvalue weighted by Crippen LogP contribution is 2.39. The van der Waals surface area contributed by atoms with E-state index < -0.39 is 8.32 Å². The average molecular weight is 269 g/mol. The molecule has 0 aliphatic heterocycles. The Balaban J connectivity index is 4.94. The molecule has 0 aromatic carbocycles. The molecule has 0 rings (SSSR count). The van der Waals surface area contributed by atoms with Crippen LogP contribution >= 0.6 is 0 Å². The van der Waals surface area contributed by atoms with E-state index in [4.69, 9.17) is 4.43 Å². The van der Waals surface area contributed by atoms with Crippen LogP contribution in [-0.4, -0.2) is 14.4 Å². The van der Waals surface area contributed by atoms with Gasteiger partial charge in [0.25, 0.3) is 0 Å². The van der Waals surface area contributed by atoms with Crippen LogP contribution in [0.5, 0.6) is 0 Å². The molecule has 18 heavy (non-hydrogen) atoms. The van der Waals surface area contributed by atoms with E-state index in [1.165, 1.54) is 0 Å². The summed E-state index contributed by atoms with van der Waals surface area (Å²) in [5, 5.41) is 0.266. The maximum atomic E-state index is 6.58. The van der Waals surface area contributed by atoms with Gasteiger partial charge in [0.1, 0.15) is 0 Å². The number of allylic oxidation sites excluding steroid dienone is 2. The monoisotopic (exact) mass is 268 g/mol. The molecule has 0 aliphatic carbocycles. The molecule has 0 unspecified atom stereocenters. The maximum Gasteiger partial charge on any atom is 0.192 e. The molecular weight excluding hydrogens is 236 g/mol. The molecule has 0 aliphatic rings. The lowest BCUT2D eigenvalue weighted by molar-refractivity contribution is 0.101. The summed E-state index contributed by atoms with van der Waals surface area (Å²) in [4.78, 5) is 0. The molecule has 0 amide bonds. The van der Waals surface area contributed by atoms with Gasteiger partial charge in [-0.25, -0.2) is 0 Å². The second kappa shape index (κ2) is 6.72. The van der Waals surface area contributed by atoms with Crippen LogP contribution in [0.4, 0.5) is 0 Å². The molecule has 1 nitrogen and oxygen atoms in total. The quantitative estimate of drug-likeness (QED) is 0.462. The fourth-order valence-electron chi connectivity index (χ4n) is 1.73. The minimum Gasteiger partial charge on any atom is -0.413 e. The minimum atomic E-state index is -1.69. The third-order valence-electron chi connectivity index (χ3n) is 3.96. The van der Waals surface area contributed by atoms with Gasteiger partial charge in [0.05, 0.1) is 6.10 Å². The van der Waals surface area contributed by atoms with Crippen LogP contribution in [0.15, 0.2) is 24.8 Å². The van der Waals surface area contributed by atoms with E-state index >= 15 is 0 Å². The van der Waals surface area contributed by atoms with Crippen LogP contribution in [0.2, 0.25) is 18.1 Å². The smallest absolute Gasteiger partial charge is 0.192 e. The first-order valence-electron chi connectivity index (χ1n) is 7.00. The standard InChI is InChI=1S/C16H32OSi/c1-10-11-12-14(4)15(13(2)3)17-18(8,9)16(5,6)7/h10-15H,1H2,2-9H3/b12-11-/t14-,15+/m0/s1. The Bertz CT molecular complexity index is 284. The Kier molecular flexibility index (Phi) is 6.59. The highest BCUT2D eigenvalue weighted by atomic mass is 28.4. The summed E-state index contributed by atoms with van der Waals surface area (Å²) in [6.45, 7) is 22.0. The molecule has 0 spiro atoms. The zero-order valence-corrected chi connectivity index (χ0v) is 14.6. The number of hydrogen-bond acceptors (Lipinski definition) is 1. The van der Waals surface area contributed by atoms with E-state index in [2.05, 4.69) is 67.3 Å². The Morgan fingerprint density at radius 3 is 1.94 bits per heavy atom. The second-order valence-corrected chi connectivity index (χ2v) is 11.8. The van der Waals surface area contributed by atoms with E-state index in [0.717, 1.165) is 0 Å². The van der Waals surface area contributed by atoms with E-state index in [0.29, 0.717) is 17.9 Å². The van der Waals surface area contributed by atoms with Gasteiger partial charge in [-0.1, -0.05) is 66.3 Å². The number of hydrogen-bond donors (Lipinski definition) is 0. The van der Waals surface area contributed by atoms with Gasteiger partial charge in [-0.05, 0) is 30.0 Å². The molecule has 0 heterocycles. The zero-order valence-electron chi connectivity index (χ0n) is 13.6. The first-order chi connectivity index (χ1) is 8.03. The van der Waals surface area contributed by atoms with Crippen molar-refractivity contribution >= 4 is 8.32 Å². The van der Waals surface area contributed by atoms with Gasteiger partial charge >= 0.3 is 0 Å². The molecule has 0 aromatic rings. The lowest BCUT2D eigenvalue weighted by Crippen LogP contribution is -2.46. The second-order valence-electron chi connectivity index (χ2n) is 7.07. The topological polar surface area (TPSA) is 9.23 Å². The molecule has 0 aromatic heterocycles. The Labute approximate surface area is 115 Å². The fraction of sp³-hybridized carbons (Fsp3) is 0.750. The predicted octanol–water partition coefficient (Wildman–Crippen LogP) is 5.41. The van der Waals surface area contributed by atoms with Gasteiger partial charge in [-0.3, -0.25) is 0 Å². The van der Waals surface area contributed by atoms with Gasteiger partial charge in [-0.15, -0.1) is 0 Å². The molecule has 2 atom stereocenters. The van der Waals surface area contributed by atoms with Gasteiger partial charge in [0, 0.05) is 0 Å². The van der Waals surface area contributed by atoms with Crippen molar-refractivity contribution in [1.82, 2.24) is 0 Å². The summed E-state index contributed by atoms with van der Waals surface area (Å²) in [6.07, 6.45) is 6.35. The van der Waals surface area contributed by atoms with E-state index in [9.17, 15) is 0 Å². The molecule has 0 saturated carbocycles. The first-order valence-corrected chi connectivity index (χ1v) is 9.91. The Morgan fingerprint density at radius 2 is 1.61 bits per heavy atom. The maximum absolute atomic E-state index is 6.58. The van der Waals surface area contributed by atoms with Crippen molar-refractivity contribution in [1.29, 1.82) is 0 Å².